The molecule has 33 heavy (non-hydrogen) atoms. The van der Waals surface area contributed by atoms with Crippen molar-refractivity contribution in [1.29, 1.82) is 5.26 Å². The van der Waals surface area contributed by atoms with E-state index < -0.39 is 0 Å². The molecule has 0 amide bonds. The highest BCUT2D eigenvalue weighted by molar-refractivity contribution is 7.10. The van der Waals surface area contributed by atoms with Gasteiger partial charge >= 0.3 is 0 Å². The lowest BCUT2D eigenvalue weighted by molar-refractivity contribution is 0.0127. The summed E-state index contributed by atoms with van der Waals surface area (Å²) in [4.78, 5) is 20.6. The van der Waals surface area contributed by atoms with Crippen molar-refractivity contribution in [2.75, 3.05) is 49.5 Å². The number of hydrogen-bond donors (Lipinski definition) is 1. The lowest BCUT2D eigenvalue weighted by Gasteiger charge is -2.57. The smallest absolute Gasteiger partial charge is 0.229 e. The van der Waals surface area contributed by atoms with E-state index in [4.69, 9.17) is 9.40 Å². The van der Waals surface area contributed by atoms with E-state index in [0.29, 0.717) is 12.4 Å². The molecule has 0 unspecified atom stereocenters. The molecule has 3 aromatic heterocycles. The minimum atomic E-state index is -0.130. The zero-order chi connectivity index (χ0) is 22.8. The number of hydrogen-bond acceptors (Lipinski definition) is 11. The number of nitrogens with zero attached hydrogens (tertiary/aromatic N) is 8. The van der Waals surface area contributed by atoms with Crippen molar-refractivity contribution in [3.05, 3.63) is 41.9 Å². The first-order chi connectivity index (χ1) is 16.0. The molecule has 2 fully saturated rings. The van der Waals surface area contributed by atoms with E-state index >= 15 is 0 Å². The Morgan fingerprint density at radius 3 is 2.70 bits per heavy atom. The van der Waals surface area contributed by atoms with Crippen LogP contribution in [-0.4, -0.2) is 73.9 Å². The van der Waals surface area contributed by atoms with Crippen LogP contribution < -0.4 is 10.2 Å². The van der Waals surface area contributed by atoms with Crippen LogP contribution in [0.3, 0.4) is 0 Å². The summed E-state index contributed by atoms with van der Waals surface area (Å²) in [5.74, 6) is 1.49. The van der Waals surface area contributed by atoms with Gasteiger partial charge in [0, 0.05) is 57.6 Å². The van der Waals surface area contributed by atoms with E-state index in [9.17, 15) is 5.26 Å². The van der Waals surface area contributed by atoms with Gasteiger partial charge < -0.3 is 14.6 Å². The fourth-order valence-corrected chi connectivity index (χ4v) is 5.31. The maximum absolute atomic E-state index is 9.58. The molecular weight excluding hydrogens is 438 g/mol. The van der Waals surface area contributed by atoms with Crippen LogP contribution in [0, 0.1) is 25.2 Å². The van der Waals surface area contributed by atoms with Crippen LogP contribution in [0.1, 0.15) is 23.4 Å². The molecule has 2 saturated heterocycles. The summed E-state index contributed by atoms with van der Waals surface area (Å²) in [6.07, 6.45) is 5.55. The Labute approximate surface area is 197 Å². The second kappa shape index (κ2) is 9.05. The van der Waals surface area contributed by atoms with Crippen LogP contribution in [0.5, 0.6) is 0 Å². The van der Waals surface area contributed by atoms with Crippen LogP contribution in [0.2, 0.25) is 0 Å². The van der Waals surface area contributed by atoms with Gasteiger partial charge in [0.1, 0.15) is 17.1 Å². The fourth-order valence-electron chi connectivity index (χ4n) is 4.66. The lowest BCUT2D eigenvalue weighted by atomic mass is 9.83. The first-order valence-electron chi connectivity index (χ1n) is 11.0. The van der Waals surface area contributed by atoms with E-state index in [-0.39, 0.29) is 5.54 Å². The molecule has 0 radical (unpaired) electrons. The normalized spacial score (nSPS) is 18.6. The molecule has 172 valence electrons. The quantitative estimate of drug-likeness (QED) is 0.559. The molecule has 0 atom stereocenters. The first-order valence-corrected chi connectivity index (χ1v) is 11.8. The summed E-state index contributed by atoms with van der Waals surface area (Å²) < 4.78 is 9.39. The van der Waals surface area contributed by atoms with Gasteiger partial charge in [-0.15, -0.1) is 0 Å². The zero-order valence-corrected chi connectivity index (χ0v) is 19.7. The van der Waals surface area contributed by atoms with Crippen molar-refractivity contribution in [2.24, 2.45) is 0 Å². The van der Waals surface area contributed by atoms with Crippen LogP contribution in [0.4, 0.5) is 16.8 Å². The Hall–Kier alpha value is -3.07. The largest absolute Gasteiger partial charge is 0.451 e. The van der Waals surface area contributed by atoms with E-state index in [2.05, 4.69) is 40.4 Å². The number of nitriles is 1. The van der Waals surface area contributed by atoms with E-state index in [1.165, 1.54) is 17.9 Å². The SMILES string of the molecule is Cc1cc(Nc2ncc(C)c(N3CC(CC#N)(N4CCN(Cc5cocn5)CC4)C3)n2)sn1. The van der Waals surface area contributed by atoms with Gasteiger partial charge in [0.2, 0.25) is 5.95 Å². The highest BCUT2D eigenvalue weighted by atomic mass is 32.1. The van der Waals surface area contributed by atoms with Crippen molar-refractivity contribution in [3.63, 3.8) is 0 Å². The summed E-state index contributed by atoms with van der Waals surface area (Å²) in [5, 5.41) is 13.8. The molecule has 0 aromatic carbocycles. The Morgan fingerprint density at radius 1 is 1.21 bits per heavy atom. The summed E-state index contributed by atoms with van der Waals surface area (Å²) in [6, 6.07) is 4.42. The lowest BCUT2D eigenvalue weighted by Crippen LogP contribution is -2.72. The predicted molar refractivity (Wildman–Crippen MR) is 125 cm³/mol. The van der Waals surface area contributed by atoms with Gasteiger partial charge in [0.05, 0.1) is 29.4 Å². The highest BCUT2D eigenvalue weighted by Crippen LogP contribution is 2.36. The number of nitrogens with one attached hydrogen (secondary N) is 1. The molecule has 11 heteroatoms. The van der Waals surface area contributed by atoms with Gasteiger partial charge in [-0.1, -0.05) is 0 Å². The van der Waals surface area contributed by atoms with Crippen molar-refractivity contribution in [2.45, 2.75) is 32.4 Å². The Bertz CT molecular complexity index is 1130. The Kier molecular flexibility index (Phi) is 5.97. The number of rotatable bonds is 7. The van der Waals surface area contributed by atoms with Gasteiger partial charge in [-0.25, -0.2) is 9.97 Å². The van der Waals surface area contributed by atoms with E-state index in [1.54, 1.807) is 6.26 Å². The predicted octanol–water partition coefficient (Wildman–Crippen LogP) is 2.57. The van der Waals surface area contributed by atoms with Crippen LogP contribution in [0.15, 0.2) is 29.3 Å². The van der Waals surface area contributed by atoms with Crippen molar-refractivity contribution >= 4 is 28.3 Å². The summed E-state index contributed by atoms with van der Waals surface area (Å²) in [5.41, 5.74) is 2.83. The molecule has 2 aliphatic heterocycles. The van der Waals surface area contributed by atoms with E-state index in [1.807, 2.05) is 26.1 Å². The third-order valence-corrected chi connectivity index (χ3v) is 7.19. The molecule has 5 heterocycles. The maximum atomic E-state index is 9.58. The van der Waals surface area contributed by atoms with Crippen molar-refractivity contribution in [3.8, 4) is 6.07 Å². The van der Waals surface area contributed by atoms with Gasteiger partial charge in [-0.05, 0) is 31.4 Å². The Morgan fingerprint density at radius 2 is 2.03 bits per heavy atom. The summed E-state index contributed by atoms with van der Waals surface area (Å²) in [6.45, 7) is 10.2. The second-order valence-corrected chi connectivity index (χ2v) is 9.62. The molecule has 2 aliphatic rings. The van der Waals surface area contributed by atoms with Gasteiger partial charge in [-0.2, -0.15) is 14.6 Å². The Balaban J connectivity index is 1.24. The highest BCUT2D eigenvalue weighted by Gasteiger charge is 2.49. The first kappa shape index (κ1) is 21.8. The van der Waals surface area contributed by atoms with Gasteiger partial charge in [0.15, 0.2) is 6.39 Å². The number of oxazole rings is 1. The molecule has 10 nitrogen and oxygen atoms in total. The molecule has 0 aliphatic carbocycles. The van der Waals surface area contributed by atoms with Crippen LogP contribution >= 0.6 is 11.5 Å². The fraction of sp³-hybridized carbons (Fsp3) is 0.500. The standard InChI is InChI=1S/C22H27N9OS/c1-16-10-24-21(26-19-9-17(2)28-33-19)27-20(16)30-13-22(14-30,3-4-23)31-7-5-29(6-8-31)11-18-12-32-15-25-18/h9-10,12,15H,3,5-8,11,13-14H2,1-2H3,(H,24,26,27). The molecule has 0 bridgehead atoms. The molecule has 0 spiro atoms. The van der Waals surface area contributed by atoms with Gasteiger partial charge in [0.25, 0.3) is 0 Å². The van der Waals surface area contributed by atoms with Crippen LogP contribution in [0.25, 0.3) is 0 Å². The van der Waals surface area contributed by atoms with Gasteiger partial charge in [-0.3, -0.25) is 9.80 Å². The summed E-state index contributed by atoms with van der Waals surface area (Å²) in [7, 11) is 0. The minimum Gasteiger partial charge on any atom is -0.451 e. The minimum absolute atomic E-state index is 0.130. The molecule has 3 aromatic rings. The van der Waals surface area contributed by atoms with Crippen LogP contribution in [-0.2, 0) is 6.54 Å². The van der Waals surface area contributed by atoms with E-state index in [0.717, 1.165) is 73.6 Å². The topological polar surface area (TPSA) is 110 Å². The molecule has 5 rings (SSSR count). The second-order valence-electron chi connectivity index (χ2n) is 8.82. The molecule has 0 saturated carbocycles. The average molecular weight is 466 g/mol. The maximum Gasteiger partial charge on any atom is 0.229 e. The monoisotopic (exact) mass is 465 g/mol. The van der Waals surface area contributed by atoms with Crippen molar-refractivity contribution < 1.29 is 4.42 Å². The number of aryl methyl sites for hydroxylation is 2. The number of aromatic nitrogens is 4. The molecular formula is C22H27N9OS. The van der Waals surface area contributed by atoms with Crippen molar-refractivity contribution in [1.82, 2.24) is 29.1 Å². The molecule has 1 N–H and O–H groups in total. The average Bonchev–Trinajstić information content (AvgIpc) is 3.44. The third kappa shape index (κ3) is 4.55. The third-order valence-electron chi connectivity index (χ3n) is 6.40. The number of piperazine rings is 1. The number of anilines is 3. The zero-order valence-electron chi connectivity index (χ0n) is 18.9. The summed E-state index contributed by atoms with van der Waals surface area (Å²) >= 11 is 1.40.